The predicted octanol–water partition coefficient (Wildman–Crippen LogP) is 4.18. The number of halogens is 2. The maximum Gasteiger partial charge on any atom is 0.243 e. The highest BCUT2D eigenvalue weighted by atomic mass is 35.5. The van der Waals surface area contributed by atoms with Crippen LogP contribution in [-0.4, -0.2) is 102 Å². The zero-order valence-corrected chi connectivity index (χ0v) is 27.9. The van der Waals surface area contributed by atoms with Crippen molar-refractivity contribution in [1.82, 2.24) is 13.5 Å². The van der Waals surface area contributed by atoms with Crippen molar-refractivity contribution in [2.24, 2.45) is 5.92 Å². The summed E-state index contributed by atoms with van der Waals surface area (Å²) in [4.78, 5) is 18.0. The van der Waals surface area contributed by atoms with Crippen molar-refractivity contribution in [3.63, 3.8) is 0 Å². The van der Waals surface area contributed by atoms with Gasteiger partial charge in [-0.3, -0.25) is 4.79 Å². The SMILES string of the molecule is COc1ccc(S(=O)(=O)N(C)C2CCN(CCCN(C(=O)C3CCN(S(C)(=O)=O)CC3)c3ccc(Cl)c(Cl)c3)CC2)cc1. The molecule has 2 fully saturated rings. The molecule has 2 heterocycles. The van der Waals surface area contributed by atoms with Crippen LogP contribution in [0.15, 0.2) is 47.4 Å². The average Bonchev–Trinajstić information content (AvgIpc) is 3.00. The van der Waals surface area contributed by atoms with Gasteiger partial charge in [0.15, 0.2) is 0 Å². The van der Waals surface area contributed by atoms with Crippen molar-refractivity contribution < 1.29 is 26.4 Å². The summed E-state index contributed by atoms with van der Waals surface area (Å²) in [5.41, 5.74) is 0.661. The van der Waals surface area contributed by atoms with Gasteiger partial charge in [-0.2, -0.15) is 4.31 Å². The summed E-state index contributed by atoms with van der Waals surface area (Å²) in [6, 6.07) is 11.5. The van der Waals surface area contributed by atoms with Crippen molar-refractivity contribution in [2.75, 3.05) is 64.6 Å². The van der Waals surface area contributed by atoms with Gasteiger partial charge >= 0.3 is 0 Å². The second kappa shape index (κ2) is 14.4. The van der Waals surface area contributed by atoms with E-state index in [2.05, 4.69) is 4.90 Å². The molecule has 0 atom stereocenters. The summed E-state index contributed by atoms with van der Waals surface area (Å²) >= 11 is 12.4. The number of hydrogen-bond acceptors (Lipinski definition) is 7. The molecule has 2 aliphatic rings. The number of benzene rings is 2. The number of methoxy groups -OCH3 is 1. The minimum absolute atomic E-state index is 0.0457. The quantitative estimate of drug-likeness (QED) is 0.352. The van der Waals surface area contributed by atoms with E-state index in [-0.39, 0.29) is 22.8 Å². The van der Waals surface area contributed by atoms with Crippen molar-refractivity contribution in [3.05, 3.63) is 52.5 Å². The van der Waals surface area contributed by atoms with Crippen LogP contribution in [0, 0.1) is 5.92 Å². The molecule has 2 aromatic carbocycles. The Morgan fingerprint density at radius 3 is 2.12 bits per heavy atom. The molecule has 0 aliphatic carbocycles. The van der Waals surface area contributed by atoms with Gasteiger partial charge in [0.1, 0.15) is 5.75 Å². The van der Waals surface area contributed by atoms with Gasteiger partial charge in [0.2, 0.25) is 26.0 Å². The highest BCUT2D eigenvalue weighted by Gasteiger charge is 2.33. The Balaban J connectivity index is 1.34. The summed E-state index contributed by atoms with van der Waals surface area (Å²) in [5.74, 6) is 0.272. The summed E-state index contributed by atoms with van der Waals surface area (Å²) < 4.78 is 58.3. The van der Waals surface area contributed by atoms with Crippen LogP contribution in [0.25, 0.3) is 0 Å². The lowest BCUT2D eigenvalue weighted by Crippen LogP contribution is -2.46. The number of sulfonamides is 2. The molecule has 0 unspecified atom stereocenters. The maximum absolute atomic E-state index is 13.7. The summed E-state index contributed by atoms with van der Waals surface area (Å²) in [5, 5.41) is 0.765. The molecule has 0 N–H and O–H groups in total. The fourth-order valence-electron chi connectivity index (χ4n) is 5.74. The molecule has 1 amide bonds. The zero-order valence-electron chi connectivity index (χ0n) is 24.8. The normalized spacial score (nSPS) is 18.2. The number of likely N-dealkylation sites (tertiary alicyclic amines) is 1. The molecule has 2 aliphatic heterocycles. The molecule has 14 heteroatoms. The summed E-state index contributed by atoms with van der Waals surface area (Å²) in [6.07, 6.45) is 4.24. The van der Waals surface area contributed by atoms with Gasteiger partial charge in [-0.05, 0) is 94.2 Å². The Morgan fingerprint density at radius 1 is 0.930 bits per heavy atom. The van der Waals surface area contributed by atoms with Crippen LogP contribution in [0.3, 0.4) is 0 Å². The van der Waals surface area contributed by atoms with Gasteiger partial charge in [-0.25, -0.2) is 21.1 Å². The molecular formula is C29H40Cl2N4O6S2. The van der Waals surface area contributed by atoms with Crippen molar-refractivity contribution in [1.29, 1.82) is 0 Å². The van der Waals surface area contributed by atoms with E-state index in [0.717, 1.165) is 19.6 Å². The standard InChI is InChI=1S/C29H40Cl2N4O6S2/c1-32(43(39,40)26-8-6-25(41-2)7-9-26)23-13-17-33(18-14-23)15-4-16-35(24-5-10-27(30)28(31)21-24)29(36)22-11-19-34(20-12-22)42(3,37)38/h5-10,21-23H,4,11-20H2,1-3H3. The van der Waals surface area contributed by atoms with Crippen molar-refractivity contribution in [2.45, 2.75) is 43.0 Å². The fourth-order valence-corrected chi connectivity index (χ4v) is 8.33. The molecule has 0 bridgehead atoms. The van der Waals surface area contributed by atoms with E-state index in [4.69, 9.17) is 27.9 Å². The third-order valence-corrected chi connectivity index (χ3v) is 12.4. The van der Waals surface area contributed by atoms with E-state index in [1.807, 2.05) is 0 Å². The lowest BCUT2D eigenvalue weighted by atomic mass is 9.96. The Hall–Kier alpha value is -1.93. The van der Waals surface area contributed by atoms with Crippen LogP contribution in [0.1, 0.15) is 32.1 Å². The van der Waals surface area contributed by atoms with E-state index in [0.29, 0.717) is 73.2 Å². The Kier molecular flexibility index (Phi) is 11.4. The van der Waals surface area contributed by atoms with Crippen molar-refractivity contribution in [3.8, 4) is 5.75 Å². The molecule has 2 aromatic rings. The van der Waals surface area contributed by atoms with Gasteiger partial charge < -0.3 is 14.5 Å². The number of amides is 1. The van der Waals surface area contributed by atoms with Crippen LogP contribution in [-0.2, 0) is 24.8 Å². The van der Waals surface area contributed by atoms with E-state index in [9.17, 15) is 21.6 Å². The second-order valence-electron chi connectivity index (χ2n) is 11.1. The number of ether oxygens (including phenoxy) is 1. The minimum Gasteiger partial charge on any atom is -0.497 e. The molecule has 4 rings (SSSR count). The molecule has 0 saturated carbocycles. The predicted molar refractivity (Wildman–Crippen MR) is 170 cm³/mol. The first-order valence-corrected chi connectivity index (χ1v) is 18.4. The molecule has 0 aromatic heterocycles. The summed E-state index contributed by atoms with van der Waals surface area (Å²) in [6.45, 7) is 3.35. The van der Waals surface area contributed by atoms with Crippen LogP contribution >= 0.6 is 23.2 Å². The van der Waals surface area contributed by atoms with Crippen LogP contribution in [0.4, 0.5) is 5.69 Å². The maximum atomic E-state index is 13.7. The van der Waals surface area contributed by atoms with E-state index < -0.39 is 20.0 Å². The van der Waals surface area contributed by atoms with Gasteiger partial charge in [0.05, 0.1) is 28.3 Å². The fraction of sp³-hybridized carbons (Fsp3) is 0.552. The van der Waals surface area contributed by atoms with Crippen LogP contribution < -0.4 is 9.64 Å². The second-order valence-corrected chi connectivity index (χ2v) is 15.9. The number of piperidine rings is 2. The first kappa shape index (κ1) is 34.0. The molecule has 0 spiro atoms. The highest BCUT2D eigenvalue weighted by Crippen LogP contribution is 2.30. The highest BCUT2D eigenvalue weighted by molar-refractivity contribution is 7.89. The van der Waals surface area contributed by atoms with Crippen LogP contribution in [0.2, 0.25) is 10.0 Å². The molecule has 10 nitrogen and oxygen atoms in total. The third-order valence-electron chi connectivity index (χ3n) is 8.42. The van der Waals surface area contributed by atoms with Crippen molar-refractivity contribution >= 4 is 54.8 Å². The molecule has 2 saturated heterocycles. The number of anilines is 1. The zero-order chi connectivity index (χ0) is 31.4. The summed E-state index contributed by atoms with van der Waals surface area (Å²) in [7, 11) is -3.73. The number of rotatable bonds is 11. The first-order valence-electron chi connectivity index (χ1n) is 14.4. The van der Waals surface area contributed by atoms with Gasteiger partial charge in [0, 0.05) is 44.3 Å². The molecular weight excluding hydrogens is 635 g/mol. The lowest BCUT2D eigenvalue weighted by Gasteiger charge is -2.37. The lowest BCUT2D eigenvalue weighted by molar-refractivity contribution is -0.123. The number of nitrogens with zero attached hydrogens (tertiary/aromatic N) is 4. The monoisotopic (exact) mass is 674 g/mol. The smallest absolute Gasteiger partial charge is 0.243 e. The number of hydrogen-bond donors (Lipinski definition) is 0. The van der Waals surface area contributed by atoms with E-state index >= 15 is 0 Å². The Bertz CT molecular complexity index is 1470. The van der Waals surface area contributed by atoms with Gasteiger partial charge in [-0.15, -0.1) is 0 Å². The first-order chi connectivity index (χ1) is 20.3. The van der Waals surface area contributed by atoms with Gasteiger partial charge in [0.25, 0.3) is 0 Å². The Labute approximate surface area is 265 Å². The molecule has 238 valence electrons. The molecule has 0 radical (unpaired) electrons. The molecule has 43 heavy (non-hydrogen) atoms. The van der Waals surface area contributed by atoms with E-state index in [1.54, 1.807) is 61.5 Å². The van der Waals surface area contributed by atoms with Crippen LogP contribution in [0.5, 0.6) is 5.75 Å². The average molecular weight is 676 g/mol. The number of carbonyl (C=O) groups excluding carboxylic acids is 1. The largest absolute Gasteiger partial charge is 0.497 e. The minimum atomic E-state index is -3.62. The van der Waals surface area contributed by atoms with Gasteiger partial charge in [-0.1, -0.05) is 23.2 Å². The topological polar surface area (TPSA) is 108 Å². The van der Waals surface area contributed by atoms with E-state index in [1.165, 1.54) is 14.9 Å². The Morgan fingerprint density at radius 2 is 1.56 bits per heavy atom. The number of carbonyl (C=O) groups is 1. The third kappa shape index (κ3) is 8.42.